The van der Waals surface area contributed by atoms with E-state index in [1.807, 2.05) is 31.2 Å². The first-order valence-corrected chi connectivity index (χ1v) is 7.52. The molecule has 0 bridgehead atoms. The van der Waals surface area contributed by atoms with Gasteiger partial charge in [-0.2, -0.15) is 0 Å². The van der Waals surface area contributed by atoms with Crippen LogP contribution in [0.15, 0.2) is 30.5 Å². The molecule has 1 heterocycles. The van der Waals surface area contributed by atoms with Crippen molar-refractivity contribution < 1.29 is 4.79 Å². The van der Waals surface area contributed by atoms with Gasteiger partial charge < -0.3 is 5.32 Å². The Morgan fingerprint density at radius 1 is 1.19 bits per heavy atom. The molecular weight excluding hydrogens is 264 g/mol. The summed E-state index contributed by atoms with van der Waals surface area (Å²) in [7, 11) is 0. The highest BCUT2D eigenvalue weighted by Crippen LogP contribution is 2.17. The number of rotatable bonds is 3. The predicted octanol–water partition coefficient (Wildman–Crippen LogP) is 2.64. The van der Waals surface area contributed by atoms with Gasteiger partial charge in [-0.1, -0.05) is 42.2 Å². The monoisotopic (exact) mass is 284 g/mol. The summed E-state index contributed by atoms with van der Waals surface area (Å²) < 4.78 is 1.63. The van der Waals surface area contributed by atoms with Gasteiger partial charge in [0.2, 0.25) is 0 Å². The van der Waals surface area contributed by atoms with Gasteiger partial charge in [-0.15, -0.1) is 5.10 Å². The maximum Gasteiger partial charge on any atom is 0.273 e. The number of nitrogens with one attached hydrogen (secondary N) is 1. The predicted molar refractivity (Wildman–Crippen MR) is 80.4 cm³/mol. The minimum Gasteiger partial charge on any atom is -0.348 e. The highest BCUT2D eigenvalue weighted by molar-refractivity contribution is 5.92. The van der Waals surface area contributed by atoms with Crippen LogP contribution < -0.4 is 5.32 Å². The maximum atomic E-state index is 12.2. The van der Waals surface area contributed by atoms with Gasteiger partial charge in [-0.25, -0.2) is 4.68 Å². The number of carbonyl (C=O) groups is 1. The van der Waals surface area contributed by atoms with Gasteiger partial charge in [0.25, 0.3) is 5.91 Å². The van der Waals surface area contributed by atoms with E-state index in [4.69, 9.17) is 0 Å². The van der Waals surface area contributed by atoms with Gasteiger partial charge in [0.05, 0.1) is 11.9 Å². The summed E-state index contributed by atoms with van der Waals surface area (Å²) >= 11 is 0. The van der Waals surface area contributed by atoms with Crippen LogP contribution in [0.1, 0.15) is 48.2 Å². The van der Waals surface area contributed by atoms with Crippen LogP contribution in [-0.2, 0) is 0 Å². The summed E-state index contributed by atoms with van der Waals surface area (Å²) in [4.78, 5) is 12.2. The minimum absolute atomic E-state index is 0.125. The normalized spacial score (nSPS) is 15.9. The highest BCUT2D eigenvalue weighted by atomic mass is 16.2. The summed E-state index contributed by atoms with van der Waals surface area (Å²) in [5, 5.41) is 11.1. The molecule has 0 radical (unpaired) electrons. The van der Waals surface area contributed by atoms with Crippen LogP contribution in [0.25, 0.3) is 5.69 Å². The van der Waals surface area contributed by atoms with E-state index in [1.54, 1.807) is 10.9 Å². The molecule has 110 valence electrons. The quantitative estimate of drug-likeness (QED) is 0.942. The lowest BCUT2D eigenvalue weighted by Gasteiger charge is -2.22. The fourth-order valence-corrected chi connectivity index (χ4v) is 2.70. The molecular formula is C16H20N4O. The molecule has 0 atom stereocenters. The molecule has 0 unspecified atom stereocenters. The van der Waals surface area contributed by atoms with Crippen molar-refractivity contribution in [2.45, 2.75) is 45.1 Å². The van der Waals surface area contributed by atoms with Crippen LogP contribution in [0, 0.1) is 6.92 Å². The van der Waals surface area contributed by atoms with Gasteiger partial charge in [-0.3, -0.25) is 4.79 Å². The number of carbonyl (C=O) groups excluding carboxylic acids is 1. The van der Waals surface area contributed by atoms with E-state index >= 15 is 0 Å². The third-order valence-electron chi connectivity index (χ3n) is 3.96. The second-order valence-corrected chi connectivity index (χ2v) is 5.69. The van der Waals surface area contributed by atoms with Crippen molar-refractivity contribution in [2.75, 3.05) is 0 Å². The van der Waals surface area contributed by atoms with E-state index in [0.29, 0.717) is 5.69 Å². The average Bonchev–Trinajstić information content (AvgIpc) is 2.99. The smallest absolute Gasteiger partial charge is 0.273 e. The third-order valence-corrected chi connectivity index (χ3v) is 3.96. The van der Waals surface area contributed by atoms with Crippen LogP contribution in [0.2, 0.25) is 0 Å². The van der Waals surface area contributed by atoms with Crippen molar-refractivity contribution in [1.29, 1.82) is 0 Å². The molecule has 0 saturated heterocycles. The molecule has 1 aliphatic rings. The first-order chi connectivity index (χ1) is 10.2. The van der Waals surface area contributed by atoms with Crippen LogP contribution in [0.5, 0.6) is 0 Å². The summed E-state index contributed by atoms with van der Waals surface area (Å²) in [6, 6.07) is 8.24. The molecule has 1 aromatic carbocycles. The molecule has 1 fully saturated rings. The molecule has 1 amide bonds. The number of hydrogen-bond donors (Lipinski definition) is 1. The Hall–Kier alpha value is -2.17. The van der Waals surface area contributed by atoms with E-state index in [0.717, 1.165) is 18.5 Å². The second kappa shape index (κ2) is 6.08. The maximum absolute atomic E-state index is 12.2. The Balaban J connectivity index is 1.69. The summed E-state index contributed by atoms with van der Waals surface area (Å²) in [6.45, 7) is 2.04. The lowest BCUT2D eigenvalue weighted by atomic mass is 9.95. The van der Waals surface area contributed by atoms with Crippen LogP contribution in [-0.4, -0.2) is 26.9 Å². The Kier molecular flexibility index (Phi) is 3.99. The first kappa shape index (κ1) is 13.8. The van der Waals surface area contributed by atoms with E-state index in [-0.39, 0.29) is 11.9 Å². The number of hydrogen-bond acceptors (Lipinski definition) is 3. The van der Waals surface area contributed by atoms with Crippen molar-refractivity contribution in [3.8, 4) is 5.69 Å². The lowest BCUT2D eigenvalue weighted by molar-refractivity contribution is 0.0922. The zero-order valence-corrected chi connectivity index (χ0v) is 12.2. The molecule has 5 nitrogen and oxygen atoms in total. The lowest BCUT2D eigenvalue weighted by Crippen LogP contribution is -2.36. The molecule has 1 aliphatic carbocycles. The van der Waals surface area contributed by atoms with Crippen LogP contribution >= 0.6 is 0 Å². The Morgan fingerprint density at radius 3 is 2.62 bits per heavy atom. The van der Waals surface area contributed by atoms with E-state index < -0.39 is 0 Å². The van der Waals surface area contributed by atoms with E-state index in [1.165, 1.54) is 24.8 Å². The largest absolute Gasteiger partial charge is 0.348 e. The highest BCUT2D eigenvalue weighted by Gasteiger charge is 2.18. The van der Waals surface area contributed by atoms with Crippen molar-refractivity contribution in [2.24, 2.45) is 0 Å². The van der Waals surface area contributed by atoms with E-state index in [9.17, 15) is 4.79 Å². The molecule has 21 heavy (non-hydrogen) atoms. The SMILES string of the molecule is Cc1ccc(-n2cc(C(=O)NC3CCCCC3)nn2)cc1. The number of nitrogens with zero attached hydrogens (tertiary/aromatic N) is 3. The molecule has 1 aromatic heterocycles. The second-order valence-electron chi connectivity index (χ2n) is 5.69. The van der Waals surface area contributed by atoms with Crippen molar-refractivity contribution in [1.82, 2.24) is 20.3 Å². The molecule has 3 rings (SSSR count). The Labute approximate surface area is 124 Å². The van der Waals surface area contributed by atoms with Gasteiger partial charge in [0.1, 0.15) is 0 Å². The van der Waals surface area contributed by atoms with Gasteiger partial charge in [0.15, 0.2) is 5.69 Å². The van der Waals surface area contributed by atoms with E-state index in [2.05, 4.69) is 15.6 Å². The van der Waals surface area contributed by atoms with Crippen molar-refractivity contribution >= 4 is 5.91 Å². The third kappa shape index (κ3) is 3.29. The average molecular weight is 284 g/mol. The van der Waals surface area contributed by atoms with Crippen LogP contribution in [0.3, 0.4) is 0 Å². The molecule has 0 spiro atoms. The Bertz CT molecular complexity index is 611. The zero-order valence-electron chi connectivity index (χ0n) is 12.2. The van der Waals surface area contributed by atoms with Gasteiger partial charge >= 0.3 is 0 Å². The molecule has 5 heteroatoms. The molecule has 0 aliphatic heterocycles. The fraction of sp³-hybridized carbons (Fsp3) is 0.438. The number of aromatic nitrogens is 3. The summed E-state index contributed by atoms with van der Waals surface area (Å²) in [5.41, 5.74) is 2.47. The van der Waals surface area contributed by atoms with Crippen molar-refractivity contribution in [3.63, 3.8) is 0 Å². The minimum atomic E-state index is -0.125. The first-order valence-electron chi connectivity index (χ1n) is 7.52. The Morgan fingerprint density at radius 2 is 1.90 bits per heavy atom. The number of amides is 1. The van der Waals surface area contributed by atoms with Crippen molar-refractivity contribution in [3.05, 3.63) is 41.7 Å². The van der Waals surface area contributed by atoms with Gasteiger partial charge in [0, 0.05) is 6.04 Å². The zero-order chi connectivity index (χ0) is 14.7. The number of benzene rings is 1. The standard InChI is InChI=1S/C16H20N4O/c1-12-7-9-14(10-8-12)20-11-15(18-19-20)16(21)17-13-5-3-2-4-6-13/h7-11,13H,2-6H2,1H3,(H,17,21). The molecule has 1 N–H and O–H groups in total. The summed E-state index contributed by atoms with van der Waals surface area (Å²) in [6.07, 6.45) is 7.48. The van der Waals surface area contributed by atoms with Gasteiger partial charge in [-0.05, 0) is 31.9 Å². The van der Waals surface area contributed by atoms with Crippen LogP contribution in [0.4, 0.5) is 0 Å². The molecule has 2 aromatic rings. The summed E-state index contributed by atoms with van der Waals surface area (Å²) in [5.74, 6) is -0.125. The fourth-order valence-electron chi connectivity index (χ4n) is 2.70. The molecule has 1 saturated carbocycles. The number of aryl methyl sites for hydroxylation is 1. The topological polar surface area (TPSA) is 59.8 Å².